The molecule has 6 heteroatoms. The number of urea groups is 1. The van der Waals surface area contributed by atoms with E-state index in [4.69, 9.17) is 5.11 Å². The van der Waals surface area contributed by atoms with Crippen molar-refractivity contribution in [3.05, 3.63) is 22.4 Å². The number of aliphatic carboxylic acids is 1. The Hall–Kier alpha value is -1.56. The zero-order valence-corrected chi connectivity index (χ0v) is 11.5. The molecule has 5 nitrogen and oxygen atoms in total. The highest BCUT2D eigenvalue weighted by molar-refractivity contribution is 7.09. The SMILES string of the molecule is O=C(NCCc1cccs1)NCC1(C(=O)O)CCC1. The molecule has 1 aromatic rings. The van der Waals surface area contributed by atoms with E-state index in [1.165, 1.54) is 4.88 Å². The molecule has 2 amide bonds. The molecule has 2 rings (SSSR count). The first-order chi connectivity index (χ1) is 9.12. The predicted molar refractivity (Wildman–Crippen MR) is 73.3 cm³/mol. The standard InChI is InChI=1S/C13H18N2O3S/c16-11(17)13(5-2-6-13)9-15-12(18)14-7-4-10-3-1-8-19-10/h1,3,8H,2,4-7,9H2,(H,16,17)(H2,14,15,18). The number of carbonyl (C=O) groups is 2. The van der Waals surface area contributed by atoms with Crippen molar-refractivity contribution in [2.45, 2.75) is 25.7 Å². The maximum Gasteiger partial charge on any atom is 0.314 e. The van der Waals surface area contributed by atoms with E-state index in [0.29, 0.717) is 19.4 Å². The van der Waals surface area contributed by atoms with Crippen LogP contribution in [0.15, 0.2) is 17.5 Å². The van der Waals surface area contributed by atoms with Crippen LogP contribution in [-0.4, -0.2) is 30.2 Å². The zero-order valence-electron chi connectivity index (χ0n) is 10.6. The lowest BCUT2D eigenvalue weighted by Crippen LogP contribution is -2.49. The Kier molecular flexibility index (Phi) is 4.42. The first-order valence-corrected chi connectivity index (χ1v) is 7.28. The van der Waals surface area contributed by atoms with E-state index in [1.807, 2.05) is 17.5 Å². The van der Waals surface area contributed by atoms with Crippen LogP contribution in [0, 0.1) is 5.41 Å². The van der Waals surface area contributed by atoms with Crippen LogP contribution in [0.3, 0.4) is 0 Å². The maximum atomic E-state index is 11.6. The number of carboxylic acids is 1. The Bertz CT molecular complexity index is 441. The fourth-order valence-corrected chi connectivity index (χ4v) is 2.84. The van der Waals surface area contributed by atoms with Gasteiger partial charge in [0, 0.05) is 18.0 Å². The van der Waals surface area contributed by atoms with Gasteiger partial charge in [-0.1, -0.05) is 12.5 Å². The van der Waals surface area contributed by atoms with Gasteiger partial charge in [-0.15, -0.1) is 11.3 Å². The van der Waals surface area contributed by atoms with E-state index >= 15 is 0 Å². The third kappa shape index (κ3) is 3.47. The number of hydrogen-bond donors (Lipinski definition) is 3. The number of carbonyl (C=O) groups excluding carboxylic acids is 1. The molecule has 1 aliphatic carbocycles. The minimum absolute atomic E-state index is 0.215. The molecule has 19 heavy (non-hydrogen) atoms. The molecule has 0 unspecified atom stereocenters. The summed E-state index contributed by atoms with van der Waals surface area (Å²) in [6.07, 6.45) is 3.03. The van der Waals surface area contributed by atoms with Gasteiger partial charge in [0.1, 0.15) is 0 Å². The lowest BCUT2D eigenvalue weighted by atomic mass is 9.69. The highest BCUT2D eigenvalue weighted by Gasteiger charge is 2.44. The topological polar surface area (TPSA) is 78.4 Å². The van der Waals surface area contributed by atoms with Crippen molar-refractivity contribution in [1.29, 1.82) is 0 Å². The van der Waals surface area contributed by atoms with Crippen LogP contribution in [0.4, 0.5) is 4.79 Å². The van der Waals surface area contributed by atoms with E-state index in [1.54, 1.807) is 11.3 Å². The molecule has 104 valence electrons. The average molecular weight is 282 g/mol. The number of carboxylic acid groups (broad SMARTS) is 1. The van der Waals surface area contributed by atoms with Crippen molar-refractivity contribution in [3.8, 4) is 0 Å². The number of nitrogens with one attached hydrogen (secondary N) is 2. The second kappa shape index (κ2) is 6.06. The second-order valence-corrected chi connectivity index (χ2v) is 5.91. The minimum atomic E-state index is -0.808. The fraction of sp³-hybridized carbons (Fsp3) is 0.538. The van der Waals surface area contributed by atoms with Crippen molar-refractivity contribution in [2.75, 3.05) is 13.1 Å². The van der Waals surface area contributed by atoms with Gasteiger partial charge < -0.3 is 15.7 Å². The first kappa shape index (κ1) is 13.9. The summed E-state index contributed by atoms with van der Waals surface area (Å²) in [5.74, 6) is -0.808. The summed E-state index contributed by atoms with van der Waals surface area (Å²) in [4.78, 5) is 23.9. The van der Waals surface area contributed by atoms with Gasteiger partial charge in [0.05, 0.1) is 5.41 Å². The average Bonchev–Trinajstić information content (AvgIpc) is 2.80. The van der Waals surface area contributed by atoms with Gasteiger partial charge in [-0.05, 0) is 30.7 Å². The summed E-state index contributed by atoms with van der Waals surface area (Å²) >= 11 is 1.66. The maximum absolute atomic E-state index is 11.6. The first-order valence-electron chi connectivity index (χ1n) is 6.40. The molecule has 0 spiro atoms. The molecule has 1 aliphatic rings. The van der Waals surface area contributed by atoms with Crippen LogP contribution >= 0.6 is 11.3 Å². The molecule has 1 saturated carbocycles. The van der Waals surface area contributed by atoms with E-state index in [0.717, 1.165) is 12.8 Å². The summed E-state index contributed by atoms with van der Waals surface area (Å²) < 4.78 is 0. The van der Waals surface area contributed by atoms with Crippen molar-refractivity contribution in [2.24, 2.45) is 5.41 Å². The number of rotatable bonds is 6. The van der Waals surface area contributed by atoms with Crippen molar-refractivity contribution < 1.29 is 14.7 Å². The van der Waals surface area contributed by atoms with Gasteiger partial charge in [-0.25, -0.2) is 4.79 Å². The lowest BCUT2D eigenvalue weighted by molar-refractivity contribution is -0.153. The Balaban J connectivity index is 1.66. The van der Waals surface area contributed by atoms with Gasteiger partial charge in [-0.3, -0.25) is 4.79 Å². The second-order valence-electron chi connectivity index (χ2n) is 4.88. The molecule has 3 N–H and O–H groups in total. The number of hydrogen-bond acceptors (Lipinski definition) is 3. The molecule has 1 heterocycles. The molecule has 1 aromatic heterocycles. The smallest absolute Gasteiger partial charge is 0.314 e. The third-order valence-corrected chi connectivity index (χ3v) is 4.52. The van der Waals surface area contributed by atoms with Crippen LogP contribution in [0.25, 0.3) is 0 Å². The predicted octanol–water partition coefficient (Wildman–Crippen LogP) is 1.84. The van der Waals surface area contributed by atoms with Gasteiger partial charge >= 0.3 is 12.0 Å². The highest BCUT2D eigenvalue weighted by atomic mass is 32.1. The Labute approximate surface area is 116 Å². The van der Waals surface area contributed by atoms with Crippen LogP contribution < -0.4 is 10.6 Å². The summed E-state index contributed by atoms with van der Waals surface area (Å²) in [7, 11) is 0. The van der Waals surface area contributed by atoms with Crippen LogP contribution in [0.1, 0.15) is 24.1 Å². The third-order valence-electron chi connectivity index (χ3n) is 3.59. The summed E-state index contributed by atoms with van der Waals surface area (Å²) in [6.45, 7) is 0.777. The van der Waals surface area contributed by atoms with E-state index in [9.17, 15) is 9.59 Å². The highest BCUT2D eigenvalue weighted by Crippen LogP contribution is 2.40. The minimum Gasteiger partial charge on any atom is -0.481 e. The number of amides is 2. The molecule has 1 fully saturated rings. The zero-order chi connectivity index (χ0) is 13.7. The summed E-state index contributed by atoms with van der Waals surface area (Å²) in [5, 5.41) is 16.5. The van der Waals surface area contributed by atoms with Gasteiger partial charge in [-0.2, -0.15) is 0 Å². The molecular formula is C13H18N2O3S. The largest absolute Gasteiger partial charge is 0.481 e. The summed E-state index contributed by atoms with van der Waals surface area (Å²) in [5.41, 5.74) is -0.731. The molecular weight excluding hydrogens is 264 g/mol. The molecule has 0 saturated heterocycles. The van der Waals surface area contributed by atoms with Crippen LogP contribution in [-0.2, 0) is 11.2 Å². The summed E-state index contributed by atoms with van der Waals surface area (Å²) in [6, 6.07) is 3.72. The monoisotopic (exact) mass is 282 g/mol. The molecule has 0 aliphatic heterocycles. The van der Waals surface area contributed by atoms with Crippen molar-refractivity contribution in [3.63, 3.8) is 0 Å². The Morgan fingerprint density at radius 3 is 2.68 bits per heavy atom. The Morgan fingerprint density at radius 2 is 2.16 bits per heavy atom. The van der Waals surface area contributed by atoms with Crippen LogP contribution in [0.2, 0.25) is 0 Å². The van der Waals surface area contributed by atoms with Gasteiger partial charge in [0.25, 0.3) is 0 Å². The van der Waals surface area contributed by atoms with E-state index in [2.05, 4.69) is 10.6 Å². The molecule has 0 aromatic carbocycles. The quantitative estimate of drug-likeness (QED) is 0.745. The normalized spacial score (nSPS) is 16.4. The van der Waals surface area contributed by atoms with E-state index < -0.39 is 11.4 Å². The fourth-order valence-electron chi connectivity index (χ4n) is 2.14. The lowest BCUT2D eigenvalue weighted by Gasteiger charge is -2.37. The molecule has 0 radical (unpaired) electrons. The molecule has 0 atom stereocenters. The van der Waals surface area contributed by atoms with Crippen molar-refractivity contribution >= 4 is 23.3 Å². The Morgan fingerprint density at radius 1 is 1.37 bits per heavy atom. The molecule has 0 bridgehead atoms. The van der Waals surface area contributed by atoms with Gasteiger partial charge in [0.15, 0.2) is 0 Å². The van der Waals surface area contributed by atoms with Gasteiger partial charge in [0.2, 0.25) is 0 Å². The van der Waals surface area contributed by atoms with E-state index in [-0.39, 0.29) is 12.6 Å². The van der Waals surface area contributed by atoms with Crippen molar-refractivity contribution in [1.82, 2.24) is 10.6 Å². The number of thiophene rings is 1. The van der Waals surface area contributed by atoms with Crippen LogP contribution in [0.5, 0.6) is 0 Å².